The molecule has 1 atom stereocenters. The van der Waals surface area contributed by atoms with Crippen LogP contribution in [-0.2, 0) is 9.53 Å². The second-order valence-corrected chi connectivity index (χ2v) is 8.05. The molecule has 0 radical (unpaired) electrons. The number of anilines is 1. The fourth-order valence-electron chi connectivity index (χ4n) is 3.52. The molecule has 0 aliphatic carbocycles. The third-order valence-corrected chi connectivity index (χ3v) is 4.89. The zero-order valence-corrected chi connectivity index (χ0v) is 17.4. The first kappa shape index (κ1) is 21.7. The summed E-state index contributed by atoms with van der Waals surface area (Å²) in [7, 11) is 0. The predicted octanol–water partition coefficient (Wildman–Crippen LogP) is 4.33. The van der Waals surface area contributed by atoms with E-state index in [-0.39, 0.29) is 5.91 Å². The molecule has 1 amide bonds. The van der Waals surface area contributed by atoms with Gasteiger partial charge >= 0.3 is 0 Å². The summed E-state index contributed by atoms with van der Waals surface area (Å²) in [4.78, 5) is 15.2. The molecule has 1 fully saturated rings. The highest BCUT2D eigenvalue weighted by Gasteiger charge is 2.34. The van der Waals surface area contributed by atoms with Crippen LogP contribution in [0.4, 0.5) is 5.69 Å². The molecule has 1 aromatic rings. The molecule has 0 aromatic heterocycles. The average molecular weight is 377 g/mol. The molecule has 1 aromatic carbocycles. The Hall–Kier alpha value is -1.59. The van der Waals surface area contributed by atoms with E-state index in [9.17, 15) is 4.79 Å². The Morgan fingerprint density at radius 1 is 1.19 bits per heavy atom. The van der Waals surface area contributed by atoms with Crippen LogP contribution in [0.5, 0.6) is 5.75 Å². The van der Waals surface area contributed by atoms with E-state index in [4.69, 9.17) is 9.47 Å². The Morgan fingerprint density at radius 3 is 2.44 bits per heavy atom. The summed E-state index contributed by atoms with van der Waals surface area (Å²) in [5, 5.41) is 3.00. The standard InChI is InChI=1S/C22H36N2O3/c1-5-15-27-22(4,17-18(2)3)21(25)23-19-8-10-20(11-9-19)26-16-14-24-12-6-7-13-24/h8-11,18H,5-7,12-17H2,1-4H3,(H,23,25)/t22-/m0/s1. The molecule has 0 bridgehead atoms. The molecule has 5 nitrogen and oxygen atoms in total. The summed E-state index contributed by atoms with van der Waals surface area (Å²) in [6, 6.07) is 7.59. The summed E-state index contributed by atoms with van der Waals surface area (Å²) >= 11 is 0. The van der Waals surface area contributed by atoms with E-state index in [2.05, 4.69) is 31.0 Å². The van der Waals surface area contributed by atoms with Gasteiger partial charge in [0.2, 0.25) is 0 Å². The van der Waals surface area contributed by atoms with Crippen molar-refractivity contribution in [3.05, 3.63) is 24.3 Å². The molecule has 1 aliphatic rings. The number of hydrogen-bond acceptors (Lipinski definition) is 4. The van der Waals surface area contributed by atoms with Crippen molar-refractivity contribution >= 4 is 11.6 Å². The number of ether oxygens (including phenoxy) is 2. The molecule has 1 aliphatic heterocycles. The molecule has 1 heterocycles. The van der Waals surface area contributed by atoms with Crippen LogP contribution < -0.4 is 10.1 Å². The minimum absolute atomic E-state index is 0.0904. The van der Waals surface area contributed by atoms with Gasteiger partial charge < -0.3 is 14.8 Å². The topological polar surface area (TPSA) is 50.8 Å². The van der Waals surface area contributed by atoms with Crippen molar-refractivity contribution in [3.8, 4) is 5.75 Å². The van der Waals surface area contributed by atoms with E-state index >= 15 is 0 Å². The maximum absolute atomic E-state index is 12.8. The summed E-state index contributed by atoms with van der Waals surface area (Å²) < 4.78 is 11.7. The molecule has 0 spiro atoms. The SMILES string of the molecule is CCCO[C@@](C)(CC(C)C)C(=O)Nc1ccc(OCCN2CCCC2)cc1. The van der Waals surface area contributed by atoms with Crippen LogP contribution in [0.15, 0.2) is 24.3 Å². The van der Waals surface area contributed by atoms with Crippen molar-refractivity contribution in [3.63, 3.8) is 0 Å². The molecular formula is C22H36N2O3. The highest BCUT2D eigenvalue weighted by Crippen LogP contribution is 2.24. The summed E-state index contributed by atoms with van der Waals surface area (Å²) in [6.07, 6.45) is 4.18. The van der Waals surface area contributed by atoms with Gasteiger partial charge in [-0.25, -0.2) is 0 Å². The van der Waals surface area contributed by atoms with Crippen molar-refractivity contribution in [1.29, 1.82) is 0 Å². The summed E-state index contributed by atoms with van der Waals surface area (Å²) in [6.45, 7) is 12.8. The molecular weight excluding hydrogens is 340 g/mol. The number of carbonyl (C=O) groups excluding carboxylic acids is 1. The van der Waals surface area contributed by atoms with Gasteiger partial charge in [0, 0.05) is 18.8 Å². The molecule has 0 unspecified atom stereocenters. The van der Waals surface area contributed by atoms with Crippen LogP contribution in [0.1, 0.15) is 53.4 Å². The number of benzene rings is 1. The number of rotatable bonds is 11. The number of hydrogen-bond donors (Lipinski definition) is 1. The van der Waals surface area contributed by atoms with E-state index in [1.54, 1.807) is 0 Å². The highest BCUT2D eigenvalue weighted by atomic mass is 16.5. The fourth-order valence-corrected chi connectivity index (χ4v) is 3.52. The van der Waals surface area contributed by atoms with E-state index in [1.165, 1.54) is 25.9 Å². The van der Waals surface area contributed by atoms with Crippen LogP contribution in [0.3, 0.4) is 0 Å². The van der Waals surface area contributed by atoms with Crippen LogP contribution in [-0.4, -0.2) is 49.3 Å². The molecule has 1 N–H and O–H groups in total. The van der Waals surface area contributed by atoms with Crippen molar-refractivity contribution in [2.24, 2.45) is 5.92 Å². The number of likely N-dealkylation sites (tertiary alicyclic amines) is 1. The lowest BCUT2D eigenvalue weighted by Crippen LogP contribution is -2.44. The second kappa shape index (κ2) is 10.7. The van der Waals surface area contributed by atoms with Crippen molar-refractivity contribution in [2.75, 3.05) is 38.2 Å². The number of nitrogens with one attached hydrogen (secondary N) is 1. The van der Waals surface area contributed by atoms with Gasteiger partial charge in [-0.15, -0.1) is 0 Å². The van der Waals surface area contributed by atoms with E-state index in [0.29, 0.717) is 25.6 Å². The third-order valence-electron chi connectivity index (χ3n) is 4.89. The number of nitrogens with zero attached hydrogens (tertiary/aromatic N) is 1. The minimum Gasteiger partial charge on any atom is -0.492 e. The zero-order chi connectivity index (χ0) is 19.7. The quantitative estimate of drug-likeness (QED) is 0.624. The maximum atomic E-state index is 12.8. The van der Waals surface area contributed by atoms with E-state index in [1.807, 2.05) is 31.2 Å². The smallest absolute Gasteiger partial charge is 0.256 e. The molecule has 152 valence electrons. The van der Waals surface area contributed by atoms with Gasteiger partial charge in [-0.3, -0.25) is 9.69 Å². The molecule has 1 saturated heterocycles. The van der Waals surface area contributed by atoms with Gasteiger partial charge in [-0.1, -0.05) is 20.8 Å². The lowest BCUT2D eigenvalue weighted by atomic mass is 9.93. The monoisotopic (exact) mass is 376 g/mol. The highest BCUT2D eigenvalue weighted by molar-refractivity contribution is 5.97. The van der Waals surface area contributed by atoms with Crippen LogP contribution in [0.2, 0.25) is 0 Å². The van der Waals surface area contributed by atoms with Gasteiger partial charge in [-0.05, 0) is 75.9 Å². The van der Waals surface area contributed by atoms with Crippen molar-refractivity contribution < 1.29 is 14.3 Å². The van der Waals surface area contributed by atoms with Crippen molar-refractivity contribution in [1.82, 2.24) is 4.90 Å². The summed E-state index contributed by atoms with van der Waals surface area (Å²) in [5.74, 6) is 1.12. The second-order valence-electron chi connectivity index (χ2n) is 8.05. The number of carbonyl (C=O) groups is 1. The molecule has 0 saturated carbocycles. The van der Waals surface area contributed by atoms with Crippen LogP contribution in [0.25, 0.3) is 0 Å². The maximum Gasteiger partial charge on any atom is 0.256 e. The van der Waals surface area contributed by atoms with Gasteiger partial charge in [-0.2, -0.15) is 0 Å². The Morgan fingerprint density at radius 2 is 1.85 bits per heavy atom. The minimum atomic E-state index is -0.810. The van der Waals surface area contributed by atoms with Crippen LogP contribution in [0, 0.1) is 5.92 Å². The first-order valence-electron chi connectivity index (χ1n) is 10.3. The Labute approximate surface area is 164 Å². The first-order valence-corrected chi connectivity index (χ1v) is 10.3. The normalized spacial score (nSPS) is 17.1. The first-order chi connectivity index (χ1) is 12.9. The summed E-state index contributed by atoms with van der Waals surface area (Å²) in [5.41, 5.74) is -0.0447. The van der Waals surface area contributed by atoms with Gasteiger partial charge in [0.1, 0.15) is 18.0 Å². The third kappa shape index (κ3) is 7.15. The van der Waals surface area contributed by atoms with Crippen molar-refractivity contribution in [2.45, 2.75) is 59.0 Å². The molecule has 27 heavy (non-hydrogen) atoms. The Bertz CT molecular complexity index is 567. The van der Waals surface area contributed by atoms with E-state index in [0.717, 1.165) is 24.4 Å². The number of amides is 1. The zero-order valence-electron chi connectivity index (χ0n) is 17.4. The van der Waals surface area contributed by atoms with E-state index < -0.39 is 5.60 Å². The molecule has 5 heteroatoms. The predicted molar refractivity (Wildman–Crippen MR) is 110 cm³/mol. The Balaban J connectivity index is 1.86. The Kier molecular flexibility index (Phi) is 8.58. The van der Waals surface area contributed by atoms with Crippen LogP contribution >= 0.6 is 0 Å². The lowest BCUT2D eigenvalue weighted by Gasteiger charge is -2.30. The fraction of sp³-hybridized carbons (Fsp3) is 0.682. The lowest BCUT2D eigenvalue weighted by molar-refractivity contribution is -0.141. The molecule has 2 rings (SSSR count). The average Bonchev–Trinajstić information content (AvgIpc) is 3.14. The largest absolute Gasteiger partial charge is 0.492 e. The van der Waals surface area contributed by atoms with Gasteiger partial charge in [0.05, 0.1) is 0 Å². The van der Waals surface area contributed by atoms with Gasteiger partial charge in [0.15, 0.2) is 0 Å². The van der Waals surface area contributed by atoms with Gasteiger partial charge in [0.25, 0.3) is 5.91 Å².